The van der Waals surface area contributed by atoms with Gasteiger partial charge in [0.1, 0.15) is 5.82 Å². The van der Waals surface area contributed by atoms with Crippen molar-refractivity contribution in [2.75, 3.05) is 11.1 Å². The number of thioether (sulfide) groups is 1. The van der Waals surface area contributed by atoms with Crippen molar-refractivity contribution in [3.8, 4) is 17.5 Å². The maximum atomic E-state index is 12.2. The van der Waals surface area contributed by atoms with Crippen molar-refractivity contribution in [1.29, 1.82) is 5.26 Å². The lowest BCUT2D eigenvalue weighted by Gasteiger charge is -2.07. The number of hydrogen-bond donors (Lipinski definition) is 1. The molecule has 30 heavy (non-hydrogen) atoms. The third-order valence-electron chi connectivity index (χ3n) is 4.80. The van der Waals surface area contributed by atoms with E-state index in [-0.39, 0.29) is 5.91 Å². The molecule has 4 rings (SSSR count). The van der Waals surface area contributed by atoms with E-state index >= 15 is 0 Å². The molecule has 5 nitrogen and oxygen atoms in total. The number of fused-ring (bicyclic) bond motifs is 1. The molecule has 0 saturated heterocycles. The summed E-state index contributed by atoms with van der Waals surface area (Å²) in [5.41, 5.74) is 5.56. The van der Waals surface area contributed by atoms with Gasteiger partial charge >= 0.3 is 0 Å². The second kappa shape index (κ2) is 8.85. The minimum Gasteiger partial charge on any atom is -0.327 e. The molecular weight excluding hydrogens is 392 g/mol. The average Bonchev–Trinajstić information content (AvgIpc) is 3.11. The number of amides is 1. The number of imidazole rings is 1. The molecule has 3 aromatic carbocycles. The Morgan fingerprint density at radius 2 is 1.80 bits per heavy atom. The topological polar surface area (TPSA) is 70.7 Å². The Morgan fingerprint density at radius 1 is 1.07 bits per heavy atom. The van der Waals surface area contributed by atoms with Gasteiger partial charge in [-0.05, 0) is 54.1 Å². The van der Waals surface area contributed by atoms with Gasteiger partial charge in [-0.2, -0.15) is 5.26 Å². The summed E-state index contributed by atoms with van der Waals surface area (Å²) in [5, 5.41) is 11.8. The maximum absolute atomic E-state index is 12.2. The monoisotopic (exact) mass is 412 g/mol. The Bertz CT molecular complexity index is 1220. The molecule has 0 atom stereocenters. The molecule has 1 heterocycles. The van der Waals surface area contributed by atoms with Gasteiger partial charge in [-0.25, -0.2) is 4.98 Å². The standard InChI is InChI=1S/C24H20N4OS/c1-28-22-5-3-2-4-21(22)27-24(28)19-10-12-20(13-11-19)26-23(29)16-30-15-18-8-6-17(14-25)7-9-18/h2-13H,15-16H2,1H3,(H,26,29). The van der Waals surface area contributed by atoms with E-state index in [1.807, 2.05) is 61.6 Å². The van der Waals surface area contributed by atoms with E-state index in [9.17, 15) is 4.79 Å². The van der Waals surface area contributed by atoms with E-state index in [1.165, 1.54) is 0 Å². The molecule has 0 radical (unpaired) electrons. The number of carbonyl (C=O) groups excluding carboxylic acids is 1. The first-order valence-corrected chi connectivity index (χ1v) is 10.7. The smallest absolute Gasteiger partial charge is 0.234 e. The predicted molar refractivity (Wildman–Crippen MR) is 122 cm³/mol. The molecular formula is C24H20N4OS. The zero-order valence-corrected chi connectivity index (χ0v) is 17.3. The number of nitriles is 1. The summed E-state index contributed by atoms with van der Waals surface area (Å²) in [5.74, 6) is 1.95. The summed E-state index contributed by atoms with van der Waals surface area (Å²) in [6.07, 6.45) is 0. The van der Waals surface area contributed by atoms with Crippen molar-refractivity contribution in [2.45, 2.75) is 5.75 Å². The zero-order chi connectivity index (χ0) is 20.9. The third-order valence-corrected chi connectivity index (χ3v) is 5.80. The van der Waals surface area contributed by atoms with Gasteiger partial charge in [-0.3, -0.25) is 4.79 Å². The van der Waals surface area contributed by atoms with Crippen LogP contribution < -0.4 is 5.32 Å². The molecule has 0 aliphatic carbocycles. The van der Waals surface area contributed by atoms with Crippen molar-refractivity contribution >= 4 is 34.4 Å². The van der Waals surface area contributed by atoms with Crippen LogP contribution in [0.1, 0.15) is 11.1 Å². The number of hydrogen-bond acceptors (Lipinski definition) is 4. The zero-order valence-electron chi connectivity index (χ0n) is 16.5. The lowest BCUT2D eigenvalue weighted by atomic mass is 10.2. The van der Waals surface area contributed by atoms with Gasteiger partial charge in [0.15, 0.2) is 0 Å². The first-order valence-electron chi connectivity index (χ1n) is 9.52. The van der Waals surface area contributed by atoms with Gasteiger partial charge < -0.3 is 9.88 Å². The fourth-order valence-electron chi connectivity index (χ4n) is 3.24. The van der Waals surface area contributed by atoms with Crippen LogP contribution in [0.25, 0.3) is 22.4 Å². The summed E-state index contributed by atoms with van der Waals surface area (Å²) in [7, 11) is 2.01. The van der Waals surface area contributed by atoms with Gasteiger partial charge in [0.2, 0.25) is 5.91 Å². The molecule has 0 unspecified atom stereocenters. The lowest BCUT2D eigenvalue weighted by Crippen LogP contribution is -2.14. The highest BCUT2D eigenvalue weighted by molar-refractivity contribution is 7.99. The Morgan fingerprint density at radius 3 is 2.50 bits per heavy atom. The Kier molecular flexibility index (Phi) is 5.82. The molecule has 0 aliphatic heterocycles. The summed E-state index contributed by atoms with van der Waals surface area (Å²) < 4.78 is 2.07. The van der Waals surface area contributed by atoms with Crippen molar-refractivity contribution in [3.63, 3.8) is 0 Å². The van der Waals surface area contributed by atoms with Crippen LogP contribution in [-0.4, -0.2) is 21.2 Å². The van der Waals surface area contributed by atoms with Gasteiger partial charge in [-0.1, -0.05) is 24.3 Å². The van der Waals surface area contributed by atoms with E-state index in [4.69, 9.17) is 10.2 Å². The largest absolute Gasteiger partial charge is 0.327 e. The lowest BCUT2D eigenvalue weighted by molar-refractivity contribution is -0.113. The first kappa shape index (κ1) is 19.7. The minimum absolute atomic E-state index is 0.0378. The molecule has 0 fully saturated rings. The summed E-state index contributed by atoms with van der Waals surface area (Å²) in [6.45, 7) is 0. The van der Waals surface area contributed by atoms with Gasteiger partial charge in [0.05, 0.1) is 28.4 Å². The number of anilines is 1. The third kappa shape index (κ3) is 4.37. The summed E-state index contributed by atoms with van der Waals surface area (Å²) in [6, 6.07) is 25.3. The van der Waals surface area contributed by atoms with E-state index in [1.54, 1.807) is 23.9 Å². The number of rotatable bonds is 6. The highest BCUT2D eigenvalue weighted by Crippen LogP contribution is 2.25. The van der Waals surface area contributed by atoms with Crippen molar-refractivity contribution in [3.05, 3.63) is 83.9 Å². The summed E-state index contributed by atoms with van der Waals surface area (Å²) >= 11 is 1.54. The van der Waals surface area contributed by atoms with Gasteiger partial charge in [-0.15, -0.1) is 11.8 Å². The quantitative estimate of drug-likeness (QED) is 0.485. The summed E-state index contributed by atoms with van der Waals surface area (Å²) in [4.78, 5) is 16.9. The number of carbonyl (C=O) groups is 1. The van der Waals surface area contributed by atoms with Crippen molar-refractivity contribution < 1.29 is 4.79 Å². The molecule has 4 aromatic rings. The van der Waals surface area contributed by atoms with E-state index < -0.39 is 0 Å². The van der Waals surface area contributed by atoms with Crippen LogP contribution in [0, 0.1) is 11.3 Å². The molecule has 0 spiro atoms. The highest BCUT2D eigenvalue weighted by Gasteiger charge is 2.10. The second-order valence-corrected chi connectivity index (χ2v) is 7.90. The number of para-hydroxylation sites is 2. The highest BCUT2D eigenvalue weighted by atomic mass is 32.2. The minimum atomic E-state index is -0.0378. The Labute approximate surface area is 179 Å². The fraction of sp³-hybridized carbons (Fsp3) is 0.125. The number of nitrogens with one attached hydrogen (secondary N) is 1. The van der Waals surface area contributed by atoms with Crippen LogP contribution in [0.5, 0.6) is 0 Å². The first-order chi connectivity index (χ1) is 14.6. The van der Waals surface area contributed by atoms with Crippen molar-refractivity contribution in [1.82, 2.24) is 9.55 Å². The maximum Gasteiger partial charge on any atom is 0.234 e. The normalized spacial score (nSPS) is 10.7. The van der Waals surface area contributed by atoms with Gasteiger partial charge in [0.25, 0.3) is 0 Å². The molecule has 0 bridgehead atoms. The van der Waals surface area contributed by atoms with E-state index in [0.717, 1.165) is 39.4 Å². The molecule has 1 amide bonds. The number of aromatic nitrogens is 2. The Hall–Kier alpha value is -3.56. The number of aryl methyl sites for hydroxylation is 1. The van der Waals surface area contributed by atoms with Crippen molar-refractivity contribution in [2.24, 2.45) is 7.05 Å². The molecule has 6 heteroatoms. The van der Waals surface area contributed by atoms with Crippen LogP contribution in [-0.2, 0) is 17.6 Å². The fourth-order valence-corrected chi connectivity index (χ4v) is 4.03. The average molecular weight is 413 g/mol. The van der Waals surface area contributed by atoms with E-state index in [2.05, 4.69) is 22.0 Å². The Balaban J connectivity index is 1.34. The van der Waals surface area contributed by atoms with Crippen LogP contribution >= 0.6 is 11.8 Å². The molecule has 0 saturated carbocycles. The molecule has 1 N–H and O–H groups in total. The predicted octanol–water partition coefficient (Wildman–Crippen LogP) is 4.98. The second-order valence-electron chi connectivity index (χ2n) is 6.91. The molecule has 0 aliphatic rings. The van der Waals surface area contributed by atoms with Crippen LogP contribution in [0.3, 0.4) is 0 Å². The van der Waals surface area contributed by atoms with E-state index in [0.29, 0.717) is 11.3 Å². The van der Waals surface area contributed by atoms with Crippen LogP contribution in [0.15, 0.2) is 72.8 Å². The molecule has 148 valence electrons. The van der Waals surface area contributed by atoms with Gasteiger partial charge in [0, 0.05) is 24.1 Å². The SMILES string of the molecule is Cn1c(-c2ccc(NC(=O)CSCc3ccc(C#N)cc3)cc2)nc2ccccc21. The number of nitrogens with zero attached hydrogens (tertiary/aromatic N) is 3. The van der Waals surface area contributed by atoms with Crippen LogP contribution in [0.4, 0.5) is 5.69 Å². The van der Waals surface area contributed by atoms with Crippen LogP contribution in [0.2, 0.25) is 0 Å². The molecule has 1 aromatic heterocycles. The number of benzene rings is 3.